The first-order valence-electron chi connectivity index (χ1n) is 6.62. The minimum absolute atomic E-state index is 0.00342. The van der Waals surface area contributed by atoms with Crippen LogP contribution in [-0.2, 0) is 6.42 Å². The predicted octanol–water partition coefficient (Wildman–Crippen LogP) is 4.65. The number of rotatable bonds is 5. The lowest BCUT2D eigenvalue weighted by atomic mass is 10.1. The Labute approximate surface area is 118 Å². The first-order chi connectivity index (χ1) is 9.61. The fraction of sp³-hybridized carbons (Fsp3) is 0.250. The van der Waals surface area contributed by atoms with Crippen LogP contribution >= 0.6 is 0 Å². The maximum atomic E-state index is 11.1. The first-order valence-corrected chi connectivity index (χ1v) is 6.62. The molecule has 0 fully saturated rings. The molecule has 4 nitrogen and oxygen atoms in total. The summed E-state index contributed by atoms with van der Waals surface area (Å²) in [6, 6.07) is 12.6. The summed E-state index contributed by atoms with van der Waals surface area (Å²) in [5, 5.41) is 11.1. The first kappa shape index (κ1) is 14.1. The van der Waals surface area contributed by atoms with Crippen LogP contribution < -0.4 is 4.74 Å². The highest BCUT2D eigenvalue weighted by atomic mass is 16.6. The van der Waals surface area contributed by atoms with Crippen LogP contribution in [0.5, 0.6) is 11.5 Å². The lowest BCUT2D eigenvalue weighted by molar-refractivity contribution is -0.385. The van der Waals surface area contributed by atoms with Gasteiger partial charge in [-0.25, -0.2) is 0 Å². The summed E-state index contributed by atoms with van der Waals surface area (Å²) in [6.07, 6.45) is 1.88. The number of nitrogens with zero attached hydrogens (tertiary/aromatic N) is 1. The average molecular weight is 271 g/mol. The Bertz CT molecular complexity index is 623. The Hall–Kier alpha value is -2.36. The van der Waals surface area contributed by atoms with Gasteiger partial charge in [-0.3, -0.25) is 10.1 Å². The van der Waals surface area contributed by atoms with Crippen LogP contribution in [0, 0.1) is 17.0 Å². The van der Waals surface area contributed by atoms with Gasteiger partial charge in [0, 0.05) is 6.07 Å². The van der Waals surface area contributed by atoms with E-state index < -0.39 is 4.92 Å². The van der Waals surface area contributed by atoms with Gasteiger partial charge in [-0.1, -0.05) is 37.6 Å². The molecular weight excluding hydrogens is 254 g/mol. The van der Waals surface area contributed by atoms with Gasteiger partial charge in [-0.2, -0.15) is 0 Å². The summed E-state index contributed by atoms with van der Waals surface area (Å²) in [7, 11) is 0. The van der Waals surface area contributed by atoms with Crippen molar-refractivity contribution in [2.24, 2.45) is 0 Å². The second-order valence-corrected chi connectivity index (χ2v) is 4.69. The Morgan fingerprint density at radius 1 is 1.15 bits per heavy atom. The summed E-state index contributed by atoms with van der Waals surface area (Å²) in [4.78, 5) is 10.7. The second-order valence-electron chi connectivity index (χ2n) is 4.69. The summed E-state index contributed by atoms with van der Waals surface area (Å²) in [6.45, 7) is 3.91. The molecule has 0 saturated carbocycles. The van der Waals surface area contributed by atoms with Crippen LogP contribution in [0.4, 0.5) is 5.69 Å². The third kappa shape index (κ3) is 3.15. The van der Waals surface area contributed by atoms with Crippen molar-refractivity contribution in [2.45, 2.75) is 26.7 Å². The molecule has 2 rings (SSSR count). The summed E-state index contributed by atoms with van der Waals surface area (Å²) < 4.78 is 5.77. The zero-order chi connectivity index (χ0) is 14.5. The molecule has 0 radical (unpaired) electrons. The van der Waals surface area contributed by atoms with Gasteiger partial charge >= 0.3 is 5.69 Å². The molecule has 2 aromatic rings. The lowest BCUT2D eigenvalue weighted by Crippen LogP contribution is -1.96. The topological polar surface area (TPSA) is 52.4 Å². The van der Waals surface area contributed by atoms with E-state index in [2.05, 4.69) is 6.92 Å². The molecule has 0 aliphatic carbocycles. The smallest absolute Gasteiger partial charge is 0.311 e. The van der Waals surface area contributed by atoms with Crippen LogP contribution in [0.1, 0.15) is 24.5 Å². The molecule has 4 heteroatoms. The molecule has 0 amide bonds. The van der Waals surface area contributed by atoms with Crippen molar-refractivity contribution in [3.63, 3.8) is 0 Å². The molecule has 0 unspecified atom stereocenters. The fourth-order valence-corrected chi connectivity index (χ4v) is 2.05. The molecule has 0 heterocycles. The highest BCUT2D eigenvalue weighted by molar-refractivity contribution is 5.51. The zero-order valence-corrected chi connectivity index (χ0v) is 11.6. The number of aryl methyl sites for hydroxylation is 2. The van der Waals surface area contributed by atoms with Gasteiger partial charge in [0.1, 0.15) is 5.75 Å². The molecule has 0 saturated heterocycles. The molecule has 0 aliphatic heterocycles. The van der Waals surface area contributed by atoms with Crippen LogP contribution in [0.2, 0.25) is 0 Å². The molecule has 0 N–H and O–H groups in total. The van der Waals surface area contributed by atoms with Crippen LogP contribution in [0.25, 0.3) is 0 Å². The molecule has 104 valence electrons. The number of benzene rings is 2. The van der Waals surface area contributed by atoms with Crippen LogP contribution in [-0.4, -0.2) is 4.92 Å². The molecule has 0 aromatic heterocycles. The monoisotopic (exact) mass is 271 g/mol. The van der Waals surface area contributed by atoms with E-state index in [-0.39, 0.29) is 11.4 Å². The Morgan fingerprint density at radius 2 is 1.90 bits per heavy atom. The van der Waals surface area contributed by atoms with Gasteiger partial charge in [0.15, 0.2) is 0 Å². The van der Waals surface area contributed by atoms with Gasteiger partial charge in [-0.05, 0) is 36.6 Å². The molecule has 0 bridgehead atoms. The minimum Gasteiger partial charge on any atom is -0.450 e. The van der Waals surface area contributed by atoms with E-state index >= 15 is 0 Å². The van der Waals surface area contributed by atoms with Crippen LogP contribution in [0.3, 0.4) is 0 Å². The van der Waals surface area contributed by atoms with Gasteiger partial charge < -0.3 is 4.74 Å². The fourth-order valence-electron chi connectivity index (χ4n) is 2.05. The highest BCUT2D eigenvalue weighted by Gasteiger charge is 2.16. The van der Waals surface area contributed by atoms with E-state index in [4.69, 9.17) is 4.74 Å². The van der Waals surface area contributed by atoms with Gasteiger partial charge in [0.2, 0.25) is 5.75 Å². The van der Waals surface area contributed by atoms with E-state index in [0.717, 1.165) is 24.0 Å². The Kier molecular flexibility index (Phi) is 4.35. The zero-order valence-electron chi connectivity index (χ0n) is 11.6. The van der Waals surface area contributed by atoms with E-state index in [1.165, 1.54) is 6.07 Å². The van der Waals surface area contributed by atoms with E-state index in [0.29, 0.717) is 5.75 Å². The van der Waals surface area contributed by atoms with Crippen LogP contribution in [0.15, 0.2) is 42.5 Å². The Morgan fingerprint density at radius 3 is 2.60 bits per heavy atom. The van der Waals surface area contributed by atoms with Crippen molar-refractivity contribution in [1.82, 2.24) is 0 Å². The van der Waals surface area contributed by atoms with Gasteiger partial charge in [0.05, 0.1) is 4.92 Å². The largest absolute Gasteiger partial charge is 0.450 e. The molecule has 20 heavy (non-hydrogen) atoms. The van der Waals surface area contributed by atoms with Crippen molar-refractivity contribution in [1.29, 1.82) is 0 Å². The van der Waals surface area contributed by atoms with Crippen molar-refractivity contribution < 1.29 is 9.66 Å². The molecule has 0 atom stereocenters. The molecular formula is C16H17NO3. The Balaban J connectivity index is 2.37. The van der Waals surface area contributed by atoms with Gasteiger partial charge in [-0.15, -0.1) is 0 Å². The number of hydrogen-bond acceptors (Lipinski definition) is 3. The van der Waals surface area contributed by atoms with E-state index in [1.54, 1.807) is 6.07 Å². The predicted molar refractivity (Wildman–Crippen MR) is 78.3 cm³/mol. The van der Waals surface area contributed by atoms with Crippen molar-refractivity contribution in [3.8, 4) is 11.5 Å². The summed E-state index contributed by atoms with van der Waals surface area (Å²) in [5.74, 6) is 0.963. The SMILES string of the molecule is CCCc1ccccc1Oc1ccc(C)cc1[N+](=O)[O-]. The molecule has 0 spiro atoms. The maximum Gasteiger partial charge on any atom is 0.311 e. The number of nitro benzene ring substituents is 1. The summed E-state index contributed by atoms with van der Waals surface area (Å²) in [5.41, 5.74) is 1.90. The standard InChI is InChI=1S/C16H17NO3/c1-3-6-13-7-4-5-8-15(13)20-16-10-9-12(2)11-14(16)17(18)19/h4-5,7-11H,3,6H2,1-2H3. The van der Waals surface area contributed by atoms with E-state index in [9.17, 15) is 10.1 Å². The van der Waals surface area contributed by atoms with E-state index in [1.807, 2.05) is 37.3 Å². The molecule has 0 aliphatic rings. The summed E-state index contributed by atoms with van der Waals surface area (Å²) >= 11 is 0. The maximum absolute atomic E-state index is 11.1. The normalized spacial score (nSPS) is 10.3. The van der Waals surface area contributed by atoms with Crippen molar-refractivity contribution in [2.75, 3.05) is 0 Å². The highest BCUT2D eigenvalue weighted by Crippen LogP contribution is 2.33. The second kappa shape index (κ2) is 6.19. The van der Waals surface area contributed by atoms with Crippen molar-refractivity contribution >= 4 is 5.69 Å². The van der Waals surface area contributed by atoms with Crippen molar-refractivity contribution in [3.05, 3.63) is 63.7 Å². The lowest BCUT2D eigenvalue weighted by Gasteiger charge is -2.11. The number of para-hydroxylation sites is 1. The quantitative estimate of drug-likeness (QED) is 0.587. The third-order valence-electron chi connectivity index (χ3n) is 3.02. The molecule has 2 aromatic carbocycles. The number of hydrogen-bond donors (Lipinski definition) is 0. The average Bonchev–Trinajstić information content (AvgIpc) is 2.43. The number of nitro groups is 1. The minimum atomic E-state index is -0.412. The third-order valence-corrected chi connectivity index (χ3v) is 3.02. The van der Waals surface area contributed by atoms with Gasteiger partial charge in [0.25, 0.3) is 0 Å². The number of ether oxygens (including phenoxy) is 1.